The number of hydrogen-bond donors (Lipinski definition) is 0. The van der Waals surface area contributed by atoms with E-state index in [0.29, 0.717) is 40.1 Å². The van der Waals surface area contributed by atoms with Crippen molar-refractivity contribution in [2.24, 2.45) is 0 Å². The summed E-state index contributed by atoms with van der Waals surface area (Å²) in [6, 6.07) is 3.28. The molecule has 106 valence electrons. The van der Waals surface area contributed by atoms with Crippen molar-refractivity contribution in [2.75, 3.05) is 14.2 Å². The minimum Gasteiger partial charge on any atom is -0.493 e. The fourth-order valence-corrected chi connectivity index (χ4v) is 2.91. The molecule has 3 rings (SSSR count). The van der Waals surface area contributed by atoms with E-state index in [9.17, 15) is 4.79 Å². The van der Waals surface area contributed by atoms with Gasteiger partial charge in [-0.15, -0.1) is 0 Å². The van der Waals surface area contributed by atoms with Gasteiger partial charge in [0.05, 0.1) is 18.6 Å². The second kappa shape index (κ2) is 5.11. The molecule has 0 bridgehead atoms. The standard InChI is InChI=1S/C15H15ClO4/c1-18-9-3-4-12-10(7-9)14(17)11-5-8(16)6-13(19-2)15(11)20-12/h5-6,9H,3-4,7H2,1-2H3. The monoisotopic (exact) mass is 294 g/mol. The smallest absolute Gasteiger partial charge is 0.196 e. The van der Waals surface area contributed by atoms with Gasteiger partial charge in [0.1, 0.15) is 5.76 Å². The number of rotatable bonds is 2. The largest absolute Gasteiger partial charge is 0.493 e. The maximum atomic E-state index is 12.6. The van der Waals surface area contributed by atoms with Crippen LogP contribution in [0.5, 0.6) is 5.75 Å². The van der Waals surface area contributed by atoms with Crippen LogP contribution in [-0.2, 0) is 17.6 Å². The van der Waals surface area contributed by atoms with Crippen molar-refractivity contribution in [3.63, 3.8) is 0 Å². The zero-order chi connectivity index (χ0) is 14.3. The van der Waals surface area contributed by atoms with E-state index >= 15 is 0 Å². The van der Waals surface area contributed by atoms with Gasteiger partial charge in [0.2, 0.25) is 0 Å². The lowest BCUT2D eigenvalue weighted by atomic mass is 9.93. The lowest BCUT2D eigenvalue weighted by molar-refractivity contribution is 0.0876. The number of hydrogen-bond acceptors (Lipinski definition) is 4. The van der Waals surface area contributed by atoms with Gasteiger partial charge in [0, 0.05) is 36.6 Å². The predicted octanol–water partition coefficient (Wildman–Crippen LogP) is 2.96. The van der Waals surface area contributed by atoms with Crippen molar-refractivity contribution >= 4 is 22.6 Å². The van der Waals surface area contributed by atoms with Gasteiger partial charge in [-0.2, -0.15) is 0 Å². The lowest BCUT2D eigenvalue weighted by Gasteiger charge is -2.22. The van der Waals surface area contributed by atoms with Crippen molar-refractivity contribution < 1.29 is 13.9 Å². The second-order valence-corrected chi connectivity index (χ2v) is 5.35. The van der Waals surface area contributed by atoms with E-state index in [1.807, 2.05) is 0 Å². The third kappa shape index (κ3) is 2.09. The van der Waals surface area contributed by atoms with E-state index in [1.54, 1.807) is 19.2 Å². The summed E-state index contributed by atoms with van der Waals surface area (Å²) < 4.78 is 16.5. The number of halogens is 1. The molecule has 1 aliphatic carbocycles. The Morgan fingerprint density at radius 1 is 1.35 bits per heavy atom. The number of ether oxygens (including phenoxy) is 2. The molecule has 20 heavy (non-hydrogen) atoms. The van der Waals surface area contributed by atoms with Crippen molar-refractivity contribution in [2.45, 2.75) is 25.4 Å². The molecule has 1 unspecified atom stereocenters. The molecule has 0 amide bonds. The highest BCUT2D eigenvalue weighted by molar-refractivity contribution is 6.31. The molecule has 1 heterocycles. The average Bonchev–Trinajstić information content (AvgIpc) is 2.47. The van der Waals surface area contributed by atoms with Gasteiger partial charge in [0.25, 0.3) is 0 Å². The van der Waals surface area contributed by atoms with Crippen LogP contribution < -0.4 is 10.2 Å². The van der Waals surface area contributed by atoms with Crippen LogP contribution in [0.3, 0.4) is 0 Å². The zero-order valence-electron chi connectivity index (χ0n) is 11.4. The molecule has 4 nitrogen and oxygen atoms in total. The molecule has 5 heteroatoms. The van der Waals surface area contributed by atoms with Crippen molar-refractivity contribution in [1.29, 1.82) is 0 Å². The summed E-state index contributed by atoms with van der Waals surface area (Å²) in [4.78, 5) is 12.6. The van der Waals surface area contributed by atoms with Crippen LogP contribution in [0.1, 0.15) is 17.7 Å². The molecule has 1 aliphatic rings. The Morgan fingerprint density at radius 2 is 2.15 bits per heavy atom. The second-order valence-electron chi connectivity index (χ2n) is 4.92. The third-order valence-corrected chi connectivity index (χ3v) is 4.00. The van der Waals surface area contributed by atoms with Crippen molar-refractivity contribution in [3.05, 3.63) is 38.7 Å². The molecule has 1 aromatic carbocycles. The SMILES string of the molecule is COc1cc(Cl)cc2c(=O)c3c(oc12)CCC(OC)C3. The molecular formula is C15H15ClO4. The summed E-state index contributed by atoms with van der Waals surface area (Å²) in [5, 5.41) is 0.922. The normalized spacial score (nSPS) is 18.1. The molecule has 0 spiro atoms. The molecule has 0 radical (unpaired) electrons. The number of aryl methyl sites for hydroxylation is 1. The maximum absolute atomic E-state index is 12.6. The van der Waals surface area contributed by atoms with Gasteiger partial charge < -0.3 is 13.9 Å². The Kier molecular flexibility index (Phi) is 3.44. The Labute approximate surface area is 121 Å². The number of fused-ring (bicyclic) bond motifs is 2. The highest BCUT2D eigenvalue weighted by atomic mass is 35.5. The molecular weight excluding hydrogens is 280 g/mol. The first-order valence-electron chi connectivity index (χ1n) is 6.49. The molecule has 0 saturated carbocycles. The zero-order valence-corrected chi connectivity index (χ0v) is 12.1. The topological polar surface area (TPSA) is 48.7 Å². The van der Waals surface area contributed by atoms with Crippen LogP contribution in [0.2, 0.25) is 5.02 Å². The Balaban J connectivity index is 2.28. The first-order chi connectivity index (χ1) is 9.63. The minimum absolute atomic E-state index is 0.0381. The summed E-state index contributed by atoms with van der Waals surface area (Å²) in [6.07, 6.45) is 2.21. The van der Waals surface area contributed by atoms with Crippen LogP contribution in [-0.4, -0.2) is 20.3 Å². The quantitative estimate of drug-likeness (QED) is 0.854. The molecule has 1 aromatic heterocycles. The molecule has 0 N–H and O–H groups in total. The van der Waals surface area contributed by atoms with Gasteiger partial charge in [-0.25, -0.2) is 0 Å². The van der Waals surface area contributed by atoms with Gasteiger partial charge in [-0.3, -0.25) is 4.79 Å². The van der Waals surface area contributed by atoms with E-state index in [1.165, 1.54) is 7.11 Å². The first-order valence-corrected chi connectivity index (χ1v) is 6.86. The van der Waals surface area contributed by atoms with Crippen LogP contribution in [0.25, 0.3) is 11.0 Å². The Bertz CT molecular complexity index is 720. The maximum Gasteiger partial charge on any atom is 0.196 e. The van der Waals surface area contributed by atoms with Crippen LogP contribution in [0, 0.1) is 0 Å². The Hall–Kier alpha value is -1.52. The van der Waals surface area contributed by atoms with Crippen LogP contribution in [0.4, 0.5) is 0 Å². The summed E-state index contributed by atoms with van der Waals surface area (Å²) in [6.45, 7) is 0. The van der Waals surface area contributed by atoms with E-state index in [2.05, 4.69) is 0 Å². The molecule has 2 aromatic rings. The Morgan fingerprint density at radius 3 is 2.85 bits per heavy atom. The third-order valence-electron chi connectivity index (χ3n) is 3.78. The summed E-state index contributed by atoms with van der Waals surface area (Å²) in [5.74, 6) is 1.22. The van der Waals surface area contributed by atoms with Crippen molar-refractivity contribution in [3.8, 4) is 5.75 Å². The van der Waals surface area contributed by atoms with E-state index in [0.717, 1.165) is 12.2 Å². The highest BCUT2D eigenvalue weighted by Gasteiger charge is 2.25. The number of benzene rings is 1. The average molecular weight is 295 g/mol. The molecule has 0 saturated heterocycles. The van der Waals surface area contributed by atoms with Gasteiger partial charge in [-0.1, -0.05) is 11.6 Å². The van der Waals surface area contributed by atoms with E-state index < -0.39 is 0 Å². The van der Waals surface area contributed by atoms with E-state index in [-0.39, 0.29) is 11.5 Å². The first kappa shape index (κ1) is 13.5. The van der Waals surface area contributed by atoms with Gasteiger partial charge >= 0.3 is 0 Å². The van der Waals surface area contributed by atoms with Crippen LogP contribution in [0.15, 0.2) is 21.3 Å². The highest BCUT2D eigenvalue weighted by Crippen LogP contribution is 2.32. The fourth-order valence-electron chi connectivity index (χ4n) is 2.70. The van der Waals surface area contributed by atoms with Crippen LogP contribution >= 0.6 is 11.6 Å². The van der Waals surface area contributed by atoms with Gasteiger partial charge in [0.15, 0.2) is 16.8 Å². The minimum atomic E-state index is -0.0381. The molecule has 0 fully saturated rings. The fraction of sp³-hybridized carbons (Fsp3) is 0.400. The van der Waals surface area contributed by atoms with E-state index in [4.69, 9.17) is 25.5 Å². The van der Waals surface area contributed by atoms with Crippen molar-refractivity contribution in [1.82, 2.24) is 0 Å². The molecule has 1 atom stereocenters. The summed E-state index contributed by atoms with van der Waals surface area (Å²) in [5.41, 5.74) is 1.13. The number of methoxy groups -OCH3 is 2. The summed E-state index contributed by atoms with van der Waals surface area (Å²) >= 11 is 6.03. The lowest BCUT2D eigenvalue weighted by Crippen LogP contribution is -2.26. The summed E-state index contributed by atoms with van der Waals surface area (Å²) in [7, 11) is 3.20. The van der Waals surface area contributed by atoms with Gasteiger partial charge in [-0.05, 0) is 12.5 Å². The predicted molar refractivity (Wildman–Crippen MR) is 76.9 cm³/mol. The molecule has 0 aliphatic heterocycles.